The zero-order valence-electron chi connectivity index (χ0n) is 17.0. The number of aromatic nitrogens is 3. The minimum atomic E-state index is -0.123. The Morgan fingerprint density at radius 3 is 2.61 bits per heavy atom. The second kappa shape index (κ2) is 8.59. The molecule has 0 bridgehead atoms. The zero-order valence-corrected chi connectivity index (χ0v) is 18.6. The molecule has 3 aromatic rings. The molecule has 28 heavy (non-hydrogen) atoms. The van der Waals surface area contributed by atoms with Crippen LogP contribution < -0.4 is 4.90 Å². The van der Waals surface area contributed by atoms with Gasteiger partial charge in [0.2, 0.25) is 0 Å². The smallest absolute Gasteiger partial charge is 0.280 e. The molecule has 0 aliphatic heterocycles. The van der Waals surface area contributed by atoms with Crippen LogP contribution in [0.4, 0.5) is 5.13 Å². The number of nitrogens with zero attached hydrogens (tertiary/aromatic N) is 5. The van der Waals surface area contributed by atoms with E-state index in [4.69, 9.17) is 16.6 Å². The number of rotatable bonds is 7. The number of anilines is 1. The van der Waals surface area contributed by atoms with Crippen molar-refractivity contribution in [3.8, 4) is 0 Å². The number of hydrogen-bond acceptors (Lipinski definition) is 5. The average molecular weight is 420 g/mol. The first-order valence-electron chi connectivity index (χ1n) is 9.38. The van der Waals surface area contributed by atoms with Gasteiger partial charge in [-0.15, -0.1) is 0 Å². The molecule has 0 fully saturated rings. The lowest BCUT2D eigenvalue weighted by molar-refractivity contribution is 0.0980. The van der Waals surface area contributed by atoms with Crippen LogP contribution in [-0.4, -0.2) is 52.8 Å². The van der Waals surface area contributed by atoms with Crippen LogP contribution in [0, 0.1) is 13.8 Å². The number of carbonyl (C=O) groups is 1. The summed E-state index contributed by atoms with van der Waals surface area (Å²) in [4.78, 5) is 21.9. The van der Waals surface area contributed by atoms with Gasteiger partial charge in [0.05, 0.1) is 15.2 Å². The fourth-order valence-corrected chi connectivity index (χ4v) is 4.45. The largest absolute Gasteiger partial charge is 0.309 e. The number of carbonyl (C=O) groups excluding carboxylic acids is 1. The van der Waals surface area contributed by atoms with Crippen LogP contribution >= 0.6 is 22.9 Å². The van der Waals surface area contributed by atoms with Crippen molar-refractivity contribution >= 4 is 44.2 Å². The lowest BCUT2D eigenvalue weighted by Gasteiger charge is -2.20. The number of benzene rings is 1. The van der Waals surface area contributed by atoms with Crippen LogP contribution in [-0.2, 0) is 6.54 Å². The Hall–Kier alpha value is -1.96. The third-order valence-corrected chi connectivity index (χ3v) is 6.19. The van der Waals surface area contributed by atoms with Crippen LogP contribution in [0.2, 0.25) is 5.02 Å². The average Bonchev–Trinajstić information content (AvgIpc) is 3.26. The van der Waals surface area contributed by atoms with E-state index in [0.29, 0.717) is 22.4 Å². The Morgan fingerprint density at radius 2 is 2.00 bits per heavy atom. The van der Waals surface area contributed by atoms with Gasteiger partial charge in [-0.3, -0.25) is 14.4 Å². The highest BCUT2D eigenvalue weighted by Crippen LogP contribution is 2.36. The second-order valence-corrected chi connectivity index (χ2v) is 8.52. The normalized spacial score (nSPS) is 11.5. The summed E-state index contributed by atoms with van der Waals surface area (Å²) in [6, 6.07) is 5.68. The van der Waals surface area contributed by atoms with E-state index in [1.807, 2.05) is 57.7 Å². The van der Waals surface area contributed by atoms with E-state index >= 15 is 0 Å². The van der Waals surface area contributed by atoms with Gasteiger partial charge in [0.15, 0.2) is 10.8 Å². The molecule has 1 amide bonds. The van der Waals surface area contributed by atoms with Crippen molar-refractivity contribution in [2.45, 2.75) is 33.7 Å². The predicted octanol–water partition coefficient (Wildman–Crippen LogP) is 4.38. The summed E-state index contributed by atoms with van der Waals surface area (Å²) >= 11 is 7.84. The second-order valence-electron chi connectivity index (χ2n) is 7.14. The topological polar surface area (TPSA) is 54.3 Å². The molecule has 1 aromatic carbocycles. The Bertz CT molecular complexity index is 955. The molecule has 6 nitrogen and oxygen atoms in total. The number of amides is 1. The molecule has 3 rings (SSSR count). The molecule has 0 radical (unpaired) electrons. The van der Waals surface area contributed by atoms with Gasteiger partial charge < -0.3 is 4.90 Å². The summed E-state index contributed by atoms with van der Waals surface area (Å²) in [6.45, 7) is 8.18. The summed E-state index contributed by atoms with van der Waals surface area (Å²) in [5.41, 5.74) is 3.33. The van der Waals surface area contributed by atoms with Crippen molar-refractivity contribution in [3.05, 3.63) is 40.2 Å². The quantitative estimate of drug-likeness (QED) is 0.570. The van der Waals surface area contributed by atoms with Gasteiger partial charge >= 0.3 is 0 Å². The van der Waals surface area contributed by atoms with Gasteiger partial charge in [0.25, 0.3) is 5.91 Å². The Morgan fingerprint density at radius 1 is 1.25 bits per heavy atom. The van der Waals surface area contributed by atoms with Crippen molar-refractivity contribution < 1.29 is 4.79 Å². The summed E-state index contributed by atoms with van der Waals surface area (Å²) < 4.78 is 2.75. The first-order chi connectivity index (χ1) is 13.3. The molecule has 2 heterocycles. The molecule has 0 N–H and O–H groups in total. The Labute approximate surface area is 174 Å². The molecule has 0 aliphatic carbocycles. The lowest BCUT2D eigenvalue weighted by Crippen LogP contribution is -2.33. The van der Waals surface area contributed by atoms with Crippen LogP contribution in [0.3, 0.4) is 0 Å². The molecule has 0 atom stereocenters. The summed E-state index contributed by atoms with van der Waals surface area (Å²) in [5.74, 6) is -0.123. The van der Waals surface area contributed by atoms with Crippen LogP contribution in [0.15, 0.2) is 18.2 Å². The minimum Gasteiger partial charge on any atom is -0.309 e. The SMILES string of the molecule is CCn1nc(C(=O)N(CCCN(C)C)c2nc3c(C)ccc(Cl)c3s2)cc1C. The highest BCUT2D eigenvalue weighted by Gasteiger charge is 2.24. The van der Waals surface area contributed by atoms with E-state index in [9.17, 15) is 4.79 Å². The number of hydrogen-bond donors (Lipinski definition) is 0. The maximum atomic E-state index is 13.3. The van der Waals surface area contributed by atoms with Crippen LogP contribution in [0.25, 0.3) is 10.2 Å². The van der Waals surface area contributed by atoms with E-state index in [1.165, 1.54) is 11.3 Å². The Balaban J connectivity index is 1.99. The van der Waals surface area contributed by atoms with Crippen molar-refractivity contribution in [1.29, 1.82) is 0 Å². The Kier molecular flexibility index (Phi) is 6.37. The van der Waals surface area contributed by atoms with Gasteiger partial charge in [-0.05, 0) is 65.5 Å². The number of thiazole rings is 1. The number of fused-ring (bicyclic) bond motifs is 1. The molecule has 0 unspecified atom stereocenters. The first kappa shape index (κ1) is 20.8. The third-order valence-electron chi connectivity index (χ3n) is 4.65. The maximum Gasteiger partial charge on any atom is 0.280 e. The molecular weight excluding hydrogens is 394 g/mol. The summed E-state index contributed by atoms with van der Waals surface area (Å²) in [6.07, 6.45) is 0.842. The molecule has 0 aliphatic rings. The van der Waals surface area contributed by atoms with Crippen molar-refractivity contribution in [3.63, 3.8) is 0 Å². The molecular formula is C20H26ClN5OS. The zero-order chi connectivity index (χ0) is 20.4. The van der Waals surface area contributed by atoms with Crippen molar-refractivity contribution in [2.24, 2.45) is 0 Å². The van der Waals surface area contributed by atoms with Crippen molar-refractivity contribution in [2.75, 3.05) is 32.1 Å². The van der Waals surface area contributed by atoms with E-state index in [1.54, 1.807) is 4.90 Å². The fourth-order valence-electron chi connectivity index (χ4n) is 3.11. The maximum absolute atomic E-state index is 13.3. The number of aryl methyl sites for hydroxylation is 3. The molecule has 0 spiro atoms. The van der Waals surface area contributed by atoms with E-state index in [-0.39, 0.29) is 5.91 Å². The van der Waals surface area contributed by atoms with Gasteiger partial charge in [-0.1, -0.05) is 29.0 Å². The molecule has 0 saturated carbocycles. The van der Waals surface area contributed by atoms with Gasteiger partial charge in [0.1, 0.15) is 0 Å². The first-order valence-corrected chi connectivity index (χ1v) is 10.6. The highest BCUT2D eigenvalue weighted by atomic mass is 35.5. The van der Waals surface area contributed by atoms with E-state index in [2.05, 4.69) is 10.00 Å². The molecule has 0 saturated heterocycles. The van der Waals surface area contributed by atoms with E-state index in [0.717, 1.165) is 41.0 Å². The van der Waals surface area contributed by atoms with Crippen LogP contribution in [0.1, 0.15) is 35.1 Å². The molecule has 150 valence electrons. The lowest BCUT2D eigenvalue weighted by atomic mass is 10.2. The molecule has 2 aromatic heterocycles. The third kappa shape index (κ3) is 4.21. The fraction of sp³-hybridized carbons (Fsp3) is 0.450. The monoisotopic (exact) mass is 419 g/mol. The van der Waals surface area contributed by atoms with Gasteiger partial charge in [0, 0.05) is 18.8 Å². The summed E-state index contributed by atoms with van der Waals surface area (Å²) in [7, 11) is 4.05. The van der Waals surface area contributed by atoms with E-state index < -0.39 is 0 Å². The van der Waals surface area contributed by atoms with Crippen LogP contribution in [0.5, 0.6) is 0 Å². The standard InChI is InChI=1S/C20H26ClN5OS/c1-6-26-14(3)12-16(23-26)19(27)25(11-7-10-24(4)5)20-22-17-13(2)8-9-15(21)18(17)28-20/h8-9,12H,6-7,10-11H2,1-5H3. The predicted molar refractivity (Wildman–Crippen MR) is 117 cm³/mol. The highest BCUT2D eigenvalue weighted by molar-refractivity contribution is 7.23. The molecule has 8 heteroatoms. The van der Waals surface area contributed by atoms with Gasteiger partial charge in [-0.2, -0.15) is 5.10 Å². The van der Waals surface area contributed by atoms with Crippen molar-refractivity contribution in [1.82, 2.24) is 19.7 Å². The van der Waals surface area contributed by atoms with Gasteiger partial charge in [-0.25, -0.2) is 4.98 Å². The minimum absolute atomic E-state index is 0.123. The number of halogens is 1. The summed E-state index contributed by atoms with van der Waals surface area (Å²) in [5, 5.41) is 5.80.